The normalized spacial score (nSPS) is 22.4. The Balaban J connectivity index is 1.58. The number of alkyl halides is 5. The second kappa shape index (κ2) is 8.74. The van der Waals surface area contributed by atoms with Crippen molar-refractivity contribution >= 4 is 16.7 Å². The maximum Gasteiger partial charge on any atom is 0.391 e. The predicted octanol–water partition coefficient (Wildman–Crippen LogP) is 6.54. The molecule has 3 aromatic heterocycles. The number of fused-ring (bicyclic) bond motifs is 1. The fraction of sp³-hybridized carbons (Fsp3) is 0.462. The van der Waals surface area contributed by atoms with Gasteiger partial charge in [-0.1, -0.05) is 0 Å². The van der Waals surface area contributed by atoms with Crippen molar-refractivity contribution in [2.45, 2.75) is 69.4 Å². The van der Waals surface area contributed by atoms with Crippen LogP contribution in [0.15, 0.2) is 35.4 Å². The van der Waals surface area contributed by atoms with Gasteiger partial charge in [0, 0.05) is 55.4 Å². The minimum absolute atomic E-state index is 0.0192. The second-order valence-corrected chi connectivity index (χ2v) is 9.93. The van der Waals surface area contributed by atoms with Gasteiger partial charge in [0.05, 0.1) is 22.5 Å². The van der Waals surface area contributed by atoms with E-state index >= 15 is 0 Å². The molecule has 2 fully saturated rings. The highest BCUT2D eigenvalue weighted by Crippen LogP contribution is 2.50. The summed E-state index contributed by atoms with van der Waals surface area (Å²) in [6, 6.07) is 4.62. The molecule has 0 saturated heterocycles. The maximum absolute atomic E-state index is 13.5. The van der Waals surface area contributed by atoms with Crippen LogP contribution in [0.25, 0.3) is 22.2 Å². The van der Waals surface area contributed by atoms with Crippen LogP contribution in [-0.2, 0) is 0 Å². The topological polar surface area (TPSA) is 75.7 Å². The summed E-state index contributed by atoms with van der Waals surface area (Å²) in [5.74, 6) is -5.10. The van der Waals surface area contributed by atoms with E-state index in [9.17, 15) is 31.5 Å². The molecule has 1 N–H and O–H groups in total. The van der Waals surface area contributed by atoms with Crippen molar-refractivity contribution in [2.75, 3.05) is 0 Å². The highest BCUT2D eigenvalue weighted by Gasteiger charge is 2.47. The van der Waals surface area contributed by atoms with Gasteiger partial charge >= 0.3 is 6.18 Å². The van der Waals surface area contributed by atoms with Crippen LogP contribution in [0.2, 0.25) is 0 Å². The van der Waals surface area contributed by atoms with Gasteiger partial charge in [0.2, 0.25) is 5.92 Å². The van der Waals surface area contributed by atoms with E-state index in [2.05, 4.69) is 15.0 Å². The van der Waals surface area contributed by atoms with Crippen LogP contribution in [0.4, 0.5) is 22.0 Å². The number of aromatic nitrogens is 3. The van der Waals surface area contributed by atoms with Gasteiger partial charge in [0.15, 0.2) is 11.2 Å². The van der Waals surface area contributed by atoms with E-state index in [1.807, 2.05) is 0 Å². The number of hydrogen-bond donors (Lipinski definition) is 1. The van der Waals surface area contributed by atoms with Crippen molar-refractivity contribution in [1.82, 2.24) is 15.0 Å². The van der Waals surface area contributed by atoms with Crippen LogP contribution < -0.4 is 5.43 Å². The second-order valence-electron chi connectivity index (χ2n) is 9.93. The van der Waals surface area contributed by atoms with E-state index < -0.39 is 29.4 Å². The van der Waals surface area contributed by atoms with Gasteiger partial charge < -0.3 is 4.98 Å². The van der Waals surface area contributed by atoms with Crippen molar-refractivity contribution < 1.29 is 26.7 Å². The summed E-state index contributed by atoms with van der Waals surface area (Å²) in [4.78, 5) is 36.5. The number of pyridine rings is 3. The molecule has 0 radical (unpaired) electrons. The van der Waals surface area contributed by atoms with Gasteiger partial charge in [-0.25, -0.2) is 8.78 Å². The first-order chi connectivity index (χ1) is 16.9. The van der Waals surface area contributed by atoms with Gasteiger partial charge in [-0.2, -0.15) is 13.2 Å². The maximum atomic E-state index is 13.5. The van der Waals surface area contributed by atoms with Gasteiger partial charge in [0.1, 0.15) is 5.69 Å². The van der Waals surface area contributed by atoms with Gasteiger partial charge in [0.25, 0.3) is 0 Å². The lowest BCUT2D eigenvalue weighted by molar-refractivity contribution is -0.182. The first-order valence-corrected chi connectivity index (χ1v) is 11.9. The summed E-state index contributed by atoms with van der Waals surface area (Å²) >= 11 is 0. The number of ketones is 1. The average Bonchev–Trinajstić information content (AvgIpc) is 2.81. The minimum Gasteiger partial charge on any atom is -0.354 e. The molecule has 0 aromatic carbocycles. The number of carbonyl (C=O) groups excluding carboxylic acids is 1. The SMILES string of the molecule is CC(=O)c1nccc2[nH]c(-c3cnc(C4CC(F)(F)C4)cc3C3CCC(C(F)(F)F)CC3)cc(=O)c12. The van der Waals surface area contributed by atoms with E-state index in [4.69, 9.17) is 0 Å². The summed E-state index contributed by atoms with van der Waals surface area (Å²) in [7, 11) is 0. The zero-order valence-electron chi connectivity index (χ0n) is 19.5. The lowest BCUT2D eigenvalue weighted by Crippen LogP contribution is -2.34. The highest BCUT2D eigenvalue weighted by atomic mass is 19.4. The van der Waals surface area contributed by atoms with Crippen molar-refractivity contribution in [3.8, 4) is 11.3 Å². The third-order valence-electron chi connectivity index (χ3n) is 7.46. The number of carbonyl (C=O) groups is 1. The Morgan fingerprint density at radius 1 is 1.06 bits per heavy atom. The molecule has 5 rings (SSSR count). The molecule has 190 valence electrons. The molecule has 5 nitrogen and oxygen atoms in total. The van der Waals surface area contributed by atoms with Crippen LogP contribution in [0, 0.1) is 5.92 Å². The standard InChI is InChI=1S/C26H24F5N3O2/c1-13(35)24-23-19(6-7-32-24)34-21(9-22(23)36)18-12-33-20(15-10-25(27,28)11-15)8-17(18)14-2-4-16(5-3-14)26(29,30)31/h6-9,12,14-16H,2-5,10-11H2,1H3,(H,34,36). The van der Waals surface area contributed by atoms with Crippen LogP contribution in [0.1, 0.15) is 79.0 Å². The Morgan fingerprint density at radius 3 is 2.36 bits per heavy atom. The largest absolute Gasteiger partial charge is 0.391 e. The van der Waals surface area contributed by atoms with Gasteiger partial charge in [-0.3, -0.25) is 19.6 Å². The first-order valence-electron chi connectivity index (χ1n) is 11.9. The molecule has 36 heavy (non-hydrogen) atoms. The molecule has 3 aromatic rings. The number of Topliss-reactive ketones (excluding diaryl/α,β-unsaturated/α-hetero) is 1. The molecule has 0 bridgehead atoms. The Bertz CT molecular complexity index is 1380. The van der Waals surface area contributed by atoms with Crippen LogP contribution in [0.5, 0.6) is 0 Å². The number of H-pyrrole nitrogens is 1. The van der Waals surface area contributed by atoms with Crippen molar-refractivity contribution in [2.24, 2.45) is 5.92 Å². The number of aromatic amines is 1. The summed E-state index contributed by atoms with van der Waals surface area (Å²) in [6.45, 7) is 1.32. The fourth-order valence-electron chi connectivity index (χ4n) is 5.49. The Labute approximate surface area is 203 Å². The van der Waals surface area contributed by atoms with Gasteiger partial charge in [-0.05, 0) is 49.3 Å². The molecule has 0 atom stereocenters. The third-order valence-corrected chi connectivity index (χ3v) is 7.46. The molecular formula is C26H24F5N3O2. The molecule has 10 heteroatoms. The third kappa shape index (κ3) is 4.53. The number of nitrogens with one attached hydrogen (secondary N) is 1. The predicted molar refractivity (Wildman–Crippen MR) is 123 cm³/mol. The van der Waals surface area contributed by atoms with Crippen molar-refractivity contribution in [3.63, 3.8) is 0 Å². The molecule has 2 aliphatic rings. The summed E-state index contributed by atoms with van der Waals surface area (Å²) in [5.41, 5.74) is 2.15. The molecule has 3 heterocycles. The number of rotatable bonds is 4. The Kier molecular flexibility index (Phi) is 5.95. The minimum atomic E-state index is -4.25. The smallest absolute Gasteiger partial charge is 0.354 e. The Morgan fingerprint density at radius 2 is 1.75 bits per heavy atom. The molecule has 0 amide bonds. The van der Waals surface area contributed by atoms with E-state index in [1.54, 1.807) is 12.1 Å². The molecule has 2 aliphatic carbocycles. The van der Waals surface area contributed by atoms with Crippen molar-refractivity contribution in [3.05, 3.63) is 57.8 Å². The van der Waals surface area contributed by atoms with Crippen LogP contribution in [-0.4, -0.2) is 32.8 Å². The number of halogens is 5. The van der Waals surface area contributed by atoms with Crippen molar-refractivity contribution in [1.29, 1.82) is 0 Å². The molecular weight excluding hydrogens is 481 g/mol. The molecule has 0 unspecified atom stereocenters. The Hall–Kier alpha value is -3.17. The molecule has 0 aliphatic heterocycles. The van der Waals surface area contributed by atoms with Crippen LogP contribution in [0.3, 0.4) is 0 Å². The van der Waals surface area contributed by atoms with E-state index in [0.29, 0.717) is 28.0 Å². The van der Waals surface area contributed by atoms with Gasteiger partial charge in [-0.15, -0.1) is 0 Å². The highest BCUT2D eigenvalue weighted by molar-refractivity contribution is 6.04. The van der Waals surface area contributed by atoms with E-state index in [1.165, 1.54) is 25.4 Å². The summed E-state index contributed by atoms with van der Waals surface area (Å²) in [6.07, 6.45) is -1.41. The zero-order valence-corrected chi connectivity index (χ0v) is 19.5. The first kappa shape index (κ1) is 24.5. The average molecular weight is 505 g/mol. The van der Waals surface area contributed by atoms with Crippen LogP contribution >= 0.6 is 0 Å². The lowest BCUT2D eigenvalue weighted by Gasteiger charge is -2.35. The van der Waals surface area contributed by atoms with E-state index in [-0.39, 0.29) is 61.3 Å². The fourth-order valence-corrected chi connectivity index (χ4v) is 5.49. The lowest BCUT2D eigenvalue weighted by atomic mass is 9.75. The number of nitrogens with zero attached hydrogens (tertiary/aromatic N) is 2. The summed E-state index contributed by atoms with van der Waals surface area (Å²) < 4.78 is 66.7. The molecule has 0 spiro atoms. The number of hydrogen-bond acceptors (Lipinski definition) is 4. The summed E-state index contributed by atoms with van der Waals surface area (Å²) in [5, 5.41) is 0.155. The zero-order chi connectivity index (χ0) is 25.8. The monoisotopic (exact) mass is 505 g/mol. The van der Waals surface area contributed by atoms with E-state index in [0.717, 1.165) is 0 Å². The molecule has 2 saturated carbocycles. The quantitative estimate of drug-likeness (QED) is 0.323.